The van der Waals surface area contributed by atoms with E-state index in [4.69, 9.17) is 4.98 Å². The van der Waals surface area contributed by atoms with Gasteiger partial charge in [0.15, 0.2) is 0 Å². The molecule has 0 aliphatic carbocycles. The molecule has 1 aromatic heterocycles. The molecule has 1 aliphatic rings. The summed E-state index contributed by atoms with van der Waals surface area (Å²) in [4.78, 5) is 25.1. The number of carbonyl (C=O) groups is 1. The number of rotatable bonds is 7. The average Bonchev–Trinajstić information content (AvgIpc) is 2.93. The van der Waals surface area contributed by atoms with Crippen LogP contribution >= 0.6 is 0 Å². The first-order chi connectivity index (χ1) is 18.4. The number of fused-ring (bicyclic) bond motifs is 1. The Kier molecular flexibility index (Phi) is 7.52. The van der Waals surface area contributed by atoms with E-state index in [9.17, 15) is 13.6 Å². The number of nitrogens with one attached hydrogen (secondary N) is 1. The van der Waals surface area contributed by atoms with Crippen LogP contribution in [-0.2, 0) is 16.1 Å². The van der Waals surface area contributed by atoms with Crippen LogP contribution < -0.4 is 14.5 Å². The van der Waals surface area contributed by atoms with E-state index in [0.717, 1.165) is 59.6 Å². The molecular formula is C28H29N6O3S-. The van der Waals surface area contributed by atoms with Gasteiger partial charge in [-0.25, -0.2) is 9.97 Å². The van der Waals surface area contributed by atoms with Gasteiger partial charge in [0.2, 0.25) is 11.9 Å². The first-order valence-electron chi connectivity index (χ1n) is 12.5. The molecule has 0 saturated carbocycles. The first kappa shape index (κ1) is 25.6. The zero-order chi connectivity index (χ0) is 26.6. The number of hydrogen-bond acceptors (Lipinski definition) is 7. The van der Waals surface area contributed by atoms with Crippen LogP contribution in [0.1, 0.15) is 13.8 Å². The van der Waals surface area contributed by atoms with Crippen LogP contribution in [0.2, 0.25) is 0 Å². The Balaban J connectivity index is 1.38. The summed E-state index contributed by atoms with van der Waals surface area (Å²) < 4.78 is 24.3. The average molecular weight is 530 g/mol. The topological polar surface area (TPSA) is 105 Å². The van der Waals surface area contributed by atoms with E-state index in [0.29, 0.717) is 18.2 Å². The fourth-order valence-electron chi connectivity index (χ4n) is 4.72. The van der Waals surface area contributed by atoms with Gasteiger partial charge in [-0.2, -0.15) is 0 Å². The number of aromatic nitrogens is 2. The maximum absolute atomic E-state index is 11.6. The van der Waals surface area contributed by atoms with E-state index >= 15 is 0 Å². The largest absolute Gasteiger partial charge is 0.755 e. The molecule has 10 heteroatoms. The SMILES string of the molecule is CCN(c1ccc(-c2cccc3cnc(Nc4cccc(N5CCN(C(C)=O)CC5)c4)nc23)cc1)S(=O)[O-]. The summed E-state index contributed by atoms with van der Waals surface area (Å²) in [5, 5.41) is 4.24. The van der Waals surface area contributed by atoms with Crippen molar-refractivity contribution in [3.63, 3.8) is 0 Å². The molecule has 2 heterocycles. The minimum absolute atomic E-state index is 0.116. The number of hydrogen-bond donors (Lipinski definition) is 1. The smallest absolute Gasteiger partial charge is 0.227 e. The highest BCUT2D eigenvalue weighted by molar-refractivity contribution is 7.80. The van der Waals surface area contributed by atoms with Gasteiger partial charge in [-0.15, -0.1) is 0 Å². The number of carbonyl (C=O) groups excluding carboxylic acids is 1. The Bertz CT molecular complexity index is 1470. The van der Waals surface area contributed by atoms with E-state index in [1.165, 1.54) is 4.31 Å². The van der Waals surface area contributed by atoms with Gasteiger partial charge >= 0.3 is 0 Å². The Hall–Kier alpha value is -4.02. The lowest BCUT2D eigenvalue weighted by atomic mass is 10.0. The molecule has 38 heavy (non-hydrogen) atoms. The van der Waals surface area contributed by atoms with Crippen molar-refractivity contribution in [2.75, 3.05) is 47.2 Å². The van der Waals surface area contributed by atoms with Gasteiger partial charge in [0.05, 0.1) is 5.52 Å². The Morgan fingerprint density at radius 1 is 1.05 bits per heavy atom. The number of piperazine rings is 1. The molecule has 0 radical (unpaired) electrons. The van der Waals surface area contributed by atoms with Crippen LogP contribution in [0.25, 0.3) is 22.0 Å². The first-order valence-corrected chi connectivity index (χ1v) is 13.6. The van der Waals surface area contributed by atoms with E-state index < -0.39 is 11.3 Å². The van der Waals surface area contributed by atoms with Gasteiger partial charge in [-0.3, -0.25) is 9.00 Å². The monoisotopic (exact) mass is 529 g/mol. The Morgan fingerprint density at radius 3 is 2.47 bits per heavy atom. The third-order valence-electron chi connectivity index (χ3n) is 6.74. The van der Waals surface area contributed by atoms with E-state index in [-0.39, 0.29) is 5.91 Å². The van der Waals surface area contributed by atoms with Gasteiger partial charge in [0, 0.05) is 85.1 Å². The molecule has 1 unspecified atom stereocenters. The molecule has 1 fully saturated rings. The molecule has 1 aliphatic heterocycles. The van der Waals surface area contributed by atoms with Gasteiger partial charge in [0.25, 0.3) is 0 Å². The van der Waals surface area contributed by atoms with Crippen molar-refractivity contribution in [3.05, 3.63) is 72.9 Å². The van der Waals surface area contributed by atoms with Crippen LogP contribution in [0.4, 0.5) is 23.0 Å². The van der Waals surface area contributed by atoms with E-state index in [1.54, 1.807) is 32.2 Å². The van der Waals surface area contributed by atoms with Gasteiger partial charge in [-0.05, 0) is 42.8 Å². The van der Waals surface area contributed by atoms with Gasteiger partial charge < -0.3 is 24.0 Å². The predicted molar refractivity (Wildman–Crippen MR) is 151 cm³/mol. The maximum Gasteiger partial charge on any atom is 0.227 e. The molecule has 1 saturated heterocycles. The molecule has 5 rings (SSSR count). The summed E-state index contributed by atoms with van der Waals surface area (Å²) in [6.07, 6.45) is 1.80. The lowest BCUT2D eigenvalue weighted by molar-refractivity contribution is -0.129. The summed E-state index contributed by atoms with van der Waals surface area (Å²) >= 11 is -2.32. The van der Waals surface area contributed by atoms with Crippen LogP contribution in [0, 0.1) is 0 Å². The number of benzene rings is 3. The van der Waals surface area contributed by atoms with Crippen LogP contribution in [0.5, 0.6) is 0 Å². The van der Waals surface area contributed by atoms with E-state index in [1.807, 2.05) is 47.4 Å². The highest BCUT2D eigenvalue weighted by atomic mass is 32.2. The second kappa shape index (κ2) is 11.2. The summed E-state index contributed by atoms with van der Waals surface area (Å²) in [5.41, 5.74) is 5.24. The van der Waals surface area contributed by atoms with Crippen LogP contribution in [-0.4, -0.2) is 62.3 Å². The maximum atomic E-state index is 11.6. The second-order valence-electron chi connectivity index (χ2n) is 9.06. The third-order valence-corrected chi connectivity index (χ3v) is 7.57. The molecule has 1 amide bonds. The molecule has 0 spiro atoms. The minimum Gasteiger partial charge on any atom is -0.755 e. The second-order valence-corrected chi connectivity index (χ2v) is 9.94. The van der Waals surface area contributed by atoms with Crippen molar-refractivity contribution >= 4 is 51.1 Å². The third kappa shape index (κ3) is 5.46. The van der Waals surface area contributed by atoms with E-state index in [2.05, 4.69) is 27.3 Å². The standard InChI is InChI=1S/C28H30N6O3S/c1-3-34(38(36)37)24-12-10-21(11-13-24)26-9-4-6-22-19-29-28(31-27(22)26)30-23-7-5-8-25(18-23)33-16-14-32(15-17-33)20(2)35/h4-13,18-19H,3,14-17H2,1-2H3,(H,36,37)(H,29,30,31)/p-1. The lowest BCUT2D eigenvalue weighted by Crippen LogP contribution is -2.48. The summed E-state index contributed by atoms with van der Waals surface area (Å²) in [6, 6.07) is 21.5. The lowest BCUT2D eigenvalue weighted by Gasteiger charge is -2.35. The minimum atomic E-state index is -2.32. The fraction of sp³-hybridized carbons (Fsp3) is 0.250. The number of para-hydroxylation sites is 1. The normalized spacial score (nSPS) is 14.4. The Labute approximate surface area is 224 Å². The van der Waals surface area contributed by atoms with Crippen molar-refractivity contribution in [2.45, 2.75) is 13.8 Å². The Morgan fingerprint density at radius 2 is 1.79 bits per heavy atom. The summed E-state index contributed by atoms with van der Waals surface area (Å²) in [6.45, 7) is 6.79. The summed E-state index contributed by atoms with van der Waals surface area (Å²) in [7, 11) is 0. The molecule has 1 atom stereocenters. The highest BCUT2D eigenvalue weighted by Crippen LogP contribution is 2.30. The quantitative estimate of drug-likeness (QED) is 0.355. The molecule has 3 aromatic carbocycles. The van der Waals surface area contributed by atoms with Crippen LogP contribution in [0.3, 0.4) is 0 Å². The van der Waals surface area contributed by atoms with Gasteiger partial charge in [-0.1, -0.05) is 36.4 Å². The molecule has 1 N–H and O–H groups in total. The number of nitrogens with zero attached hydrogens (tertiary/aromatic N) is 5. The van der Waals surface area contributed by atoms with Crippen molar-refractivity contribution in [2.24, 2.45) is 0 Å². The van der Waals surface area contributed by atoms with Crippen molar-refractivity contribution in [1.29, 1.82) is 0 Å². The van der Waals surface area contributed by atoms with Crippen molar-refractivity contribution in [3.8, 4) is 11.1 Å². The predicted octanol–water partition coefficient (Wildman–Crippen LogP) is 4.33. The van der Waals surface area contributed by atoms with Crippen molar-refractivity contribution < 1.29 is 13.6 Å². The van der Waals surface area contributed by atoms with Gasteiger partial charge in [0.1, 0.15) is 0 Å². The molecular weight excluding hydrogens is 500 g/mol. The highest BCUT2D eigenvalue weighted by Gasteiger charge is 2.19. The molecule has 196 valence electrons. The van der Waals surface area contributed by atoms with Crippen LogP contribution in [0.15, 0.2) is 72.9 Å². The number of amides is 1. The molecule has 0 bridgehead atoms. The zero-order valence-electron chi connectivity index (χ0n) is 21.3. The summed E-state index contributed by atoms with van der Waals surface area (Å²) in [5.74, 6) is 0.602. The molecule has 4 aromatic rings. The fourth-order valence-corrected chi connectivity index (χ4v) is 5.22. The molecule has 9 nitrogen and oxygen atoms in total. The number of anilines is 4. The zero-order valence-corrected chi connectivity index (χ0v) is 22.1. The van der Waals surface area contributed by atoms with Crippen molar-refractivity contribution in [1.82, 2.24) is 14.9 Å².